The van der Waals surface area contributed by atoms with E-state index in [1.807, 2.05) is 44.3 Å². The first-order chi connectivity index (χ1) is 11.4. The highest BCUT2D eigenvalue weighted by Gasteiger charge is 2.20. The van der Waals surface area contributed by atoms with E-state index in [9.17, 15) is 4.79 Å². The molecule has 124 valence electrons. The van der Waals surface area contributed by atoms with E-state index in [1.165, 1.54) is 6.92 Å². The van der Waals surface area contributed by atoms with Crippen LogP contribution in [0.5, 0.6) is 0 Å². The van der Waals surface area contributed by atoms with Crippen LogP contribution in [-0.2, 0) is 18.3 Å². The first-order valence-corrected chi connectivity index (χ1v) is 8.09. The van der Waals surface area contributed by atoms with Gasteiger partial charge in [-0.25, -0.2) is 0 Å². The number of hydrogen-bond donors (Lipinski definition) is 2. The molecule has 1 atom stereocenters. The number of ketones is 1. The Morgan fingerprint density at radius 2 is 1.83 bits per heavy atom. The van der Waals surface area contributed by atoms with Crippen LogP contribution < -0.4 is 11.5 Å². The van der Waals surface area contributed by atoms with E-state index in [1.54, 1.807) is 0 Å². The molecule has 4 heteroatoms. The lowest BCUT2D eigenvalue weighted by atomic mass is 9.96. The summed E-state index contributed by atoms with van der Waals surface area (Å²) < 4.78 is 2.11. The molecule has 3 aromatic rings. The van der Waals surface area contributed by atoms with E-state index < -0.39 is 6.04 Å². The standard InChI is InChI=1S/C20H23N3O/c1-12-16(11-17(21)13(2)24)19-18(23(12)3)10-9-15(20(19)22)14-7-5-4-6-8-14/h4-10,17H,11,21-22H2,1-3H3. The molecule has 24 heavy (non-hydrogen) atoms. The molecule has 0 spiro atoms. The van der Waals surface area contributed by atoms with E-state index in [4.69, 9.17) is 11.5 Å². The fraction of sp³-hybridized carbons (Fsp3) is 0.250. The molecule has 1 aromatic heterocycles. The van der Waals surface area contributed by atoms with Gasteiger partial charge in [-0.15, -0.1) is 0 Å². The van der Waals surface area contributed by atoms with Gasteiger partial charge in [-0.3, -0.25) is 4.79 Å². The van der Waals surface area contributed by atoms with Gasteiger partial charge in [0.05, 0.1) is 11.6 Å². The highest BCUT2D eigenvalue weighted by atomic mass is 16.1. The SMILES string of the molecule is CC(=O)C(N)Cc1c(C)n(C)c2ccc(-c3ccccc3)c(N)c12. The first kappa shape index (κ1) is 16.3. The Kier molecular flexibility index (Phi) is 4.16. The molecule has 0 bridgehead atoms. The van der Waals surface area contributed by atoms with Crippen molar-refractivity contribution < 1.29 is 4.79 Å². The average molecular weight is 321 g/mol. The predicted molar refractivity (Wildman–Crippen MR) is 99.9 cm³/mol. The molecular formula is C20H23N3O. The lowest BCUT2D eigenvalue weighted by Gasteiger charge is -2.11. The Morgan fingerprint density at radius 3 is 2.46 bits per heavy atom. The Hall–Kier alpha value is -2.59. The zero-order valence-corrected chi connectivity index (χ0v) is 14.3. The number of benzene rings is 2. The summed E-state index contributed by atoms with van der Waals surface area (Å²) in [6, 6.07) is 13.7. The van der Waals surface area contributed by atoms with Crippen LogP contribution in [0.1, 0.15) is 18.2 Å². The second-order valence-corrected chi connectivity index (χ2v) is 6.33. The van der Waals surface area contributed by atoms with Crippen LogP contribution >= 0.6 is 0 Å². The van der Waals surface area contributed by atoms with Crippen LogP contribution in [0.15, 0.2) is 42.5 Å². The summed E-state index contributed by atoms with van der Waals surface area (Å²) in [5.74, 6) is -0.0100. The van der Waals surface area contributed by atoms with Gasteiger partial charge in [0.25, 0.3) is 0 Å². The number of carbonyl (C=O) groups is 1. The number of Topliss-reactive ketones (excluding diaryl/α,β-unsaturated/α-hetero) is 1. The van der Waals surface area contributed by atoms with Crippen molar-refractivity contribution in [2.45, 2.75) is 26.3 Å². The number of hydrogen-bond acceptors (Lipinski definition) is 3. The van der Waals surface area contributed by atoms with Crippen molar-refractivity contribution in [2.75, 3.05) is 5.73 Å². The summed E-state index contributed by atoms with van der Waals surface area (Å²) in [5, 5.41) is 1.01. The van der Waals surface area contributed by atoms with E-state index in [0.29, 0.717) is 6.42 Å². The monoisotopic (exact) mass is 321 g/mol. The van der Waals surface area contributed by atoms with Crippen molar-refractivity contribution in [3.63, 3.8) is 0 Å². The molecule has 3 rings (SSSR count). The van der Waals surface area contributed by atoms with E-state index in [-0.39, 0.29) is 5.78 Å². The van der Waals surface area contributed by atoms with Crippen LogP contribution in [0.25, 0.3) is 22.0 Å². The first-order valence-electron chi connectivity index (χ1n) is 8.09. The predicted octanol–water partition coefficient (Wildman–Crippen LogP) is 3.19. The maximum atomic E-state index is 11.6. The molecule has 0 aliphatic rings. The fourth-order valence-corrected chi connectivity index (χ4v) is 3.25. The molecule has 4 nitrogen and oxygen atoms in total. The molecule has 1 unspecified atom stereocenters. The summed E-state index contributed by atoms with van der Waals surface area (Å²) in [4.78, 5) is 11.6. The van der Waals surface area contributed by atoms with Crippen molar-refractivity contribution in [3.8, 4) is 11.1 Å². The normalized spacial score (nSPS) is 12.5. The minimum absolute atomic E-state index is 0.0100. The van der Waals surface area contributed by atoms with Gasteiger partial charge >= 0.3 is 0 Å². The lowest BCUT2D eigenvalue weighted by molar-refractivity contribution is -0.118. The van der Waals surface area contributed by atoms with E-state index >= 15 is 0 Å². The number of carbonyl (C=O) groups excluding carboxylic acids is 1. The summed E-state index contributed by atoms with van der Waals surface area (Å²) >= 11 is 0. The van der Waals surface area contributed by atoms with Crippen LogP contribution in [0.2, 0.25) is 0 Å². The van der Waals surface area contributed by atoms with Gasteiger partial charge in [0.2, 0.25) is 0 Å². The van der Waals surface area contributed by atoms with Crippen molar-refractivity contribution in [3.05, 3.63) is 53.7 Å². The van der Waals surface area contributed by atoms with Gasteiger partial charge in [-0.1, -0.05) is 36.4 Å². The number of nitrogens with zero attached hydrogens (tertiary/aromatic N) is 1. The Balaban J connectivity index is 2.24. The molecule has 0 radical (unpaired) electrons. The topological polar surface area (TPSA) is 74.0 Å². The summed E-state index contributed by atoms with van der Waals surface area (Å²) in [6.07, 6.45) is 0.501. The second kappa shape index (κ2) is 6.13. The van der Waals surface area contributed by atoms with Crippen molar-refractivity contribution in [2.24, 2.45) is 12.8 Å². The van der Waals surface area contributed by atoms with Gasteiger partial charge in [-0.2, -0.15) is 0 Å². The Morgan fingerprint density at radius 1 is 1.17 bits per heavy atom. The van der Waals surface area contributed by atoms with E-state index in [0.717, 1.165) is 39.0 Å². The molecule has 4 N–H and O–H groups in total. The molecule has 2 aromatic carbocycles. The number of aryl methyl sites for hydroxylation is 1. The van der Waals surface area contributed by atoms with Crippen LogP contribution in [0, 0.1) is 6.92 Å². The molecule has 1 heterocycles. The van der Waals surface area contributed by atoms with Gasteiger partial charge < -0.3 is 16.0 Å². The maximum absolute atomic E-state index is 11.6. The molecule has 0 fully saturated rings. The summed E-state index contributed by atoms with van der Waals surface area (Å²) in [7, 11) is 2.02. The third kappa shape index (κ3) is 2.59. The minimum Gasteiger partial charge on any atom is -0.398 e. The number of rotatable bonds is 4. The minimum atomic E-state index is -0.505. The van der Waals surface area contributed by atoms with Crippen LogP contribution in [-0.4, -0.2) is 16.4 Å². The maximum Gasteiger partial charge on any atom is 0.146 e. The lowest BCUT2D eigenvalue weighted by Crippen LogP contribution is -2.30. The molecule has 0 aliphatic heterocycles. The zero-order valence-electron chi connectivity index (χ0n) is 14.3. The largest absolute Gasteiger partial charge is 0.398 e. The number of anilines is 1. The molecular weight excluding hydrogens is 298 g/mol. The zero-order chi connectivity index (χ0) is 17.4. The van der Waals surface area contributed by atoms with Crippen molar-refractivity contribution in [1.82, 2.24) is 4.57 Å². The highest BCUT2D eigenvalue weighted by molar-refractivity contribution is 6.02. The second-order valence-electron chi connectivity index (χ2n) is 6.33. The summed E-state index contributed by atoms with van der Waals surface area (Å²) in [6.45, 7) is 3.58. The van der Waals surface area contributed by atoms with Gasteiger partial charge in [-0.05, 0) is 37.5 Å². The van der Waals surface area contributed by atoms with Crippen LogP contribution in [0.3, 0.4) is 0 Å². The summed E-state index contributed by atoms with van der Waals surface area (Å²) in [5.41, 5.74) is 18.6. The van der Waals surface area contributed by atoms with E-state index in [2.05, 4.69) is 16.7 Å². The van der Waals surface area contributed by atoms with Crippen LogP contribution in [0.4, 0.5) is 5.69 Å². The van der Waals surface area contributed by atoms with Gasteiger partial charge in [0.1, 0.15) is 5.78 Å². The number of aromatic nitrogens is 1. The molecule has 0 aliphatic carbocycles. The van der Waals surface area contributed by atoms with Crippen molar-refractivity contribution >= 4 is 22.4 Å². The third-order valence-corrected chi connectivity index (χ3v) is 4.86. The molecule has 0 saturated carbocycles. The quantitative estimate of drug-likeness (QED) is 0.725. The number of nitrogen functional groups attached to an aromatic ring is 1. The van der Waals surface area contributed by atoms with Gasteiger partial charge in [0.15, 0.2) is 0 Å². The highest BCUT2D eigenvalue weighted by Crippen LogP contribution is 2.37. The molecule has 0 amide bonds. The smallest absolute Gasteiger partial charge is 0.146 e. The van der Waals surface area contributed by atoms with Gasteiger partial charge in [0, 0.05) is 29.4 Å². The third-order valence-electron chi connectivity index (χ3n) is 4.86. The Bertz CT molecular complexity index is 910. The number of nitrogens with two attached hydrogens (primary N) is 2. The van der Waals surface area contributed by atoms with Crippen molar-refractivity contribution in [1.29, 1.82) is 0 Å². The Labute approximate surface area is 142 Å². The number of fused-ring (bicyclic) bond motifs is 1. The molecule has 0 saturated heterocycles. The average Bonchev–Trinajstić information content (AvgIpc) is 2.81. The fourth-order valence-electron chi connectivity index (χ4n) is 3.25.